The SMILES string of the molecule is CCCNC(c1csc(I)c1)c1ccc(OC)c(C)c1. The van der Waals surface area contributed by atoms with Gasteiger partial charge in [-0.25, -0.2) is 0 Å². The number of methoxy groups -OCH3 is 1. The fraction of sp³-hybridized carbons (Fsp3) is 0.375. The Balaban J connectivity index is 2.33. The highest BCUT2D eigenvalue weighted by atomic mass is 127. The van der Waals surface area contributed by atoms with Gasteiger partial charge in [-0.2, -0.15) is 0 Å². The highest BCUT2D eigenvalue weighted by Gasteiger charge is 2.15. The van der Waals surface area contributed by atoms with Crippen molar-refractivity contribution in [3.8, 4) is 5.75 Å². The highest BCUT2D eigenvalue weighted by molar-refractivity contribution is 14.1. The van der Waals surface area contributed by atoms with Crippen LogP contribution < -0.4 is 10.1 Å². The molecule has 0 saturated heterocycles. The summed E-state index contributed by atoms with van der Waals surface area (Å²) in [6.07, 6.45) is 1.13. The molecule has 1 aromatic carbocycles. The predicted octanol–water partition coefficient (Wildman–Crippen LogP) is 4.76. The van der Waals surface area contributed by atoms with E-state index >= 15 is 0 Å². The number of nitrogens with one attached hydrogen (secondary N) is 1. The fourth-order valence-corrected chi connectivity index (χ4v) is 3.67. The van der Waals surface area contributed by atoms with Crippen LogP contribution in [-0.2, 0) is 0 Å². The molecular weight excluding hydrogens is 381 g/mol. The van der Waals surface area contributed by atoms with E-state index in [1.807, 2.05) is 0 Å². The minimum absolute atomic E-state index is 0.263. The molecule has 2 nitrogen and oxygen atoms in total. The Kier molecular flexibility index (Phi) is 5.86. The molecule has 2 aromatic rings. The maximum absolute atomic E-state index is 5.35. The number of rotatable bonds is 6. The molecule has 0 aliphatic heterocycles. The third kappa shape index (κ3) is 3.74. The lowest BCUT2D eigenvalue weighted by atomic mass is 9.99. The van der Waals surface area contributed by atoms with E-state index in [-0.39, 0.29) is 6.04 Å². The highest BCUT2D eigenvalue weighted by Crippen LogP contribution is 2.30. The summed E-state index contributed by atoms with van der Waals surface area (Å²) in [6, 6.07) is 8.96. The number of thiophene rings is 1. The summed E-state index contributed by atoms with van der Waals surface area (Å²) in [5.41, 5.74) is 3.82. The van der Waals surface area contributed by atoms with Crippen LogP contribution >= 0.6 is 33.9 Å². The molecule has 0 aliphatic rings. The van der Waals surface area contributed by atoms with Crippen molar-refractivity contribution in [3.63, 3.8) is 0 Å². The lowest BCUT2D eigenvalue weighted by Gasteiger charge is -2.19. The molecule has 0 fully saturated rings. The van der Waals surface area contributed by atoms with Gasteiger partial charge in [-0.3, -0.25) is 0 Å². The van der Waals surface area contributed by atoms with Crippen LogP contribution in [0.25, 0.3) is 0 Å². The summed E-state index contributed by atoms with van der Waals surface area (Å²) >= 11 is 4.17. The summed E-state index contributed by atoms with van der Waals surface area (Å²) in [5, 5.41) is 5.89. The molecule has 1 aromatic heterocycles. The topological polar surface area (TPSA) is 21.3 Å². The lowest BCUT2D eigenvalue weighted by Crippen LogP contribution is -2.22. The van der Waals surface area contributed by atoms with Gasteiger partial charge in [0, 0.05) is 0 Å². The van der Waals surface area contributed by atoms with E-state index in [0.717, 1.165) is 18.7 Å². The number of halogens is 1. The summed E-state index contributed by atoms with van der Waals surface area (Å²) < 4.78 is 6.68. The first-order chi connectivity index (χ1) is 9.65. The maximum atomic E-state index is 5.35. The first-order valence-electron chi connectivity index (χ1n) is 6.77. The van der Waals surface area contributed by atoms with Crippen LogP contribution in [0.15, 0.2) is 29.6 Å². The Morgan fingerprint density at radius 1 is 1.30 bits per heavy atom. The summed E-state index contributed by atoms with van der Waals surface area (Å²) in [4.78, 5) is 0. The molecule has 0 amide bonds. The van der Waals surface area contributed by atoms with E-state index in [0.29, 0.717) is 0 Å². The molecule has 1 N–H and O–H groups in total. The first-order valence-corrected chi connectivity index (χ1v) is 8.73. The van der Waals surface area contributed by atoms with Gasteiger partial charge in [0.05, 0.1) is 16.0 Å². The molecule has 0 aliphatic carbocycles. The molecule has 2 rings (SSSR count). The Morgan fingerprint density at radius 2 is 2.10 bits per heavy atom. The normalized spacial score (nSPS) is 12.4. The number of ether oxygens (including phenoxy) is 1. The zero-order valence-corrected chi connectivity index (χ0v) is 15.0. The number of aryl methyl sites for hydroxylation is 1. The standard InChI is InChI=1S/C16H20INOS/c1-4-7-18-16(13-9-15(17)20-10-13)12-5-6-14(19-3)11(2)8-12/h5-6,8-10,16,18H,4,7H2,1-3H3. The fourth-order valence-electron chi connectivity index (χ4n) is 2.27. The second-order valence-corrected chi connectivity index (χ2v) is 7.61. The van der Waals surface area contributed by atoms with E-state index in [2.05, 4.69) is 71.4 Å². The minimum atomic E-state index is 0.263. The quantitative estimate of drug-likeness (QED) is 0.705. The van der Waals surface area contributed by atoms with E-state index < -0.39 is 0 Å². The van der Waals surface area contributed by atoms with E-state index in [1.165, 1.54) is 19.6 Å². The van der Waals surface area contributed by atoms with E-state index in [1.54, 1.807) is 18.4 Å². The average molecular weight is 401 g/mol. The Labute approximate surface area is 138 Å². The molecule has 20 heavy (non-hydrogen) atoms. The summed E-state index contributed by atoms with van der Waals surface area (Å²) in [6.45, 7) is 5.31. The van der Waals surface area contributed by atoms with Gasteiger partial charge >= 0.3 is 0 Å². The Hall–Kier alpha value is -0.590. The van der Waals surface area contributed by atoms with Crippen LogP contribution in [0.1, 0.15) is 36.1 Å². The number of hydrogen-bond acceptors (Lipinski definition) is 3. The van der Waals surface area contributed by atoms with Crippen molar-refractivity contribution < 1.29 is 4.74 Å². The van der Waals surface area contributed by atoms with Crippen LogP contribution in [0.5, 0.6) is 5.75 Å². The van der Waals surface area contributed by atoms with Crippen LogP contribution in [-0.4, -0.2) is 13.7 Å². The van der Waals surface area contributed by atoms with Gasteiger partial charge < -0.3 is 10.1 Å². The molecule has 1 atom stereocenters. The van der Waals surface area contributed by atoms with Gasteiger partial charge in [0.1, 0.15) is 5.75 Å². The molecule has 0 bridgehead atoms. The monoisotopic (exact) mass is 401 g/mol. The zero-order chi connectivity index (χ0) is 14.5. The van der Waals surface area contributed by atoms with Crippen molar-refractivity contribution in [2.45, 2.75) is 26.3 Å². The van der Waals surface area contributed by atoms with Crippen molar-refractivity contribution >= 4 is 33.9 Å². The third-order valence-electron chi connectivity index (χ3n) is 3.27. The molecule has 1 unspecified atom stereocenters. The summed E-state index contributed by atoms with van der Waals surface area (Å²) in [7, 11) is 1.72. The van der Waals surface area contributed by atoms with E-state index in [9.17, 15) is 0 Å². The summed E-state index contributed by atoms with van der Waals surface area (Å²) in [5.74, 6) is 0.947. The largest absolute Gasteiger partial charge is 0.496 e. The van der Waals surface area contributed by atoms with E-state index in [4.69, 9.17) is 4.74 Å². The van der Waals surface area contributed by atoms with Crippen LogP contribution in [0.2, 0.25) is 0 Å². The van der Waals surface area contributed by atoms with Gasteiger partial charge in [0.25, 0.3) is 0 Å². The molecule has 1 heterocycles. The Morgan fingerprint density at radius 3 is 2.65 bits per heavy atom. The second-order valence-electron chi connectivity index (χ2n) is 4.80. The van der Waals surface area contributed by atoms with Crippen LogP contribution in [0, 0.1) is 9.81 Å². The number of hydrogen-bond donors (Lipinski definition) is 1. The van der Waals surface area contributed by atoms with Gasteiger partial charge in [0.15, 0.2) is 0 Å². The smallest absolute Gasteiger partial charge is 0.121 e. The van der Waals surface area contributed by atoms with Crippen molar-refractivity contribution in [2.24, 2.45) is 0 Å². The molecule has 0 radical (unpaired) electrons. The van der Waals surface area contributed by atoms with Crippen LogP contribution in [0.3, 0.4) is 0 Å². The number of benzene rings is 1. The van der Waals surface area contributed by atoms with Crippen molar-refractivity contribution in [1.29, 1.82) is 0 Å². The van der Waals surface area contributed by atoms with Crippen molar-refractivity contribution in [3.05, 3.63) is 49.2 Å². The van der Waals surface area contributed by atoms with Gasteiger partial charge in [0.2, 0.25) is 0 Å². The molecule has 4 heteroatoms. The molecular formula is C16H20INOS. The van der Waals surface area contributed by atoms with Crippen molar-refractivity contribution in [2.75, 3.05) is 13.7 Å². The third-order valence-corrected chi connectivity index (χ3v) is 5.08. The molecule has 108 valence electrons. The first kappa shape index (κ1) is 15.8. The predicted molar refractivity (Wildman–Crippen MR) is 94.9 cm³/mol. The van der Waals surface area contributed by atoms with Crippen molar-refractivity contribution in [1.82, 2.24) is 5.32 Å². The Bertz CT molecular complexity index is 567. The lowest BCUT2D eigenvalue weighted by molar-refractivity contribution is 0.411. The van der Waals surface area contributed by atoms with Crippen LogP contribution in [0.4, 0.5) is 0 Å². The molecule has 0 saturated carbocycles. The maximum Gasteiger partial charge on any atom is 0.121 e. The van der Waals surface area contributed by atoms with Gasteiger partial charge in [-0.05, 0) is 76.7 Å². The second kappa shape index (κ2) is 7.43. The zero-order valence-electron chi connectivity index (χ0n) is 12.1. The average Bonchev–Trinajstić information content (AvgIpc) is 2.86. The van der Waals surface area contributed by atoms with Gasteiger partial charge in [-0.1, -0.05) is 19.1 Å². The minimum Gasteiger partial charge on any atom is -0.496 e. The van der Waals surface area contributed by atoms with Gasteiger partial charge in [-0.15, -0.1) is 11.3 Å². The molecule has 0 spiro atoms.